The van der Waals surface area contributed by atoms with Gasteiger partial charge in [-0.3, -0.25) is 0 Å². The van der Waals surface area contributed by atoms with Crippen LogP contribution in [0.25, 0.3) is 94.7 Å². The molecule has 6 heterocycles. The highest BCUT2D eigenvalue weighted by Crippen LogP contribution is 2.51. The maximum absolute atomic E-state index is 6.69. The third kappa shape index (κ3) is 3.12. The molecule has 196 valence electrons. The molecule has 0 bridgehead atoms. The number of thiophene rings is 4. The third-order valence-corrected chi connectivity index (χ3v) is 12.9. The molecule has 10 rings (SSSR count). The van der Waals surface area contributed by atoms with Crippen LogP contribution in [-0.2, 0) is 0 Å². The van der Waals surface area contributed by atoms with E-state index < -0.39 is 0 Å². The second-order valence-electron chi connectivity index (χ2n) is 10.6. The van der Waals surface area contributed by atoms with Gasteiger partial charge in [-0.15, -0.1) is 45.3 Å². The maximum atomic E-state index is 6.69. The Kier molecular flexibility index (Phi) is 4.38. The minimum atomic E-state index is 0.895. The number of hydrogen-bond acceptors (Lipinski definition) is 7. The highest BCUT2D eigenvalue weighted by molar-refractivity contribution is 7.39. The Morgan fingerprint density at radius 2 is 1.20 bits per heavy atom. The Bertz CT molecular complexity index is 2530. The molecule has 0 radical (unpaired) electrons. The first-order chi connectivity index (χ1) is 20.1. The zero-order chi connectivity index (χ0) is 27.0. The Labute approximate surface area is 249 Å². The summed E-state index contributed by atoms with van der Waals surface area (Å²) in [4.78, 5) is 3.89. The molecule has 0 fully saturated rings. The van der Waals surface area contributed by atoms with Crippen LogP contribution in [0.4, 0.5) is 5.00 Å². The summed E-state index contributed by atoms with van der Waals surface area (Å²) in [5.41, 5.74) is 8.26. The highest BCUT2D eigenvalue weighted by Gasteiger charge is 2.25. The van der Waals surface area contributed by atoms with E-state index in [1.807, 2.05) is 41.1 Å². The molecule has 0 unspecified atom stereocenters. The van der Waals surface area contributed by atoms with Gasteiger partial charge in [-0.2, -0.15) is 0 Å². The molecule has 1 N–H and O–H groups in total. The molecular weight excluding hydrogens is 583 g/mol. The lowest BCUT2D eigenvalue weighted by Gasteiger charge is -2.20. The number of anilines is 1. The maximum Gasteiger partial charge on any atom is 0.136 e. The number of fused-ring (bicyclic) bond motifs is 2. The van der Waals surface area contributed by atoms with Gasteiger partial charge >= 0.3 is 0 Å². The molecular formula is C34H19NO2S4. The van der Waals surface area contributed by atoms with Crippen molar-refractivity contribution in [3.63, 3.8) is 0 Å². The number of benzene rings is 4. The summed E-state index contributed by atoms with van der Waals surface area (Å²) in [5, 5.41) is 10.4. The van der Waals surface area contributed by atoms with Gasteiger partial charge in [-0.1, -0.05) is 12.1 Å². The summed E-state index contributed by atoms with van der Waals surface area (Å²) in [5.74, 6) is 0. The Balaban J connectivity index is 1.21. The van der Waals surface area contributed by atoms with E-state index in [0.717, 1.165) is 44.2 Å². The highest BCUT2D eigenvalue weighted by atomic mass is 32.2. The van der Waals surface area contributed by atoms with E-state index in [9.17, 15) is 0 Å². The molecule has 2 aliphatic rings. The number of hydrogen-bond donors (Lipinski definition) is 1. The SMILES string of the molecule is CNc1cc2sc(-c3cc4ccc5oc6cc(-c7cc8cc(C)sc8s7)cc7ccc8oc(c3)c4c5-c8c76)cc2s1. The quantitative estimate of drug-likeness (QED) is 0.162. The normalized spacial score (nSPS) is 12.6. The molecule has 7 heteroatoms. The predicted octanol–water partition coefficient (Wildman–Crippen LogP) is 12.3. The number of rotatable bonds is 3. The largest absolute Gasteiger partial charge is 0.456 e. The van der Waals surface area contributed by atoms with Crippen molar-refractivity contribution in [1.29, 1.82) is 0 Å². The molecule has 41 heavy (non-hydrogen) atoms. The van der Waals surface area contributed by atoms with E-state index in [4.69, 9.17) is 8.83 Å². The van der Waals surface area contributed by atoms with Crippen molar-refractivity contribution >= 4 is 113 Å². The van der Waals surface area contributed by atoms with Gasteiger partial charge in [0.1, 0.15) is 22.3 Å². The van der Waals surface area contributed by atoms with E-state index in [2.05, 4.69) is 85.0 Å². The minimum absolute atomic E-state index is 0.895. The molecule has 2 aliphatic heterocycles. The van der Waals surface area contributed by atoms with Crippen LogP contribution >= 0.6 is 45.3 Å². The molecule has 3 nitrogen and oxygen atoms in total. The molecule has 0 amide bonds. The summed E-state index contributed by atoms with van der Waals surface area (Å²) >= 11 is 7.35. The van der Waals surface area contributed by atoms with Crippen LogP contribution in [0.5, 0.6) is 0 Å². The molecule has 0 spiro atoms. The molecule has 8 aromatic rings. The summed E-state index contributed by atoms with van der Waals surface area (Å²) in [6.07, 6.45) is 0. The van der Waals surface area contributed by atoms with Gasteiger partial charge in [0.2, 0.25) is 0 Å². The van der Waals surface area contributed by atoms with Gasteiger partial charge in [0.25, 0.3) is 0 Å². The zero-order valence-corrected chi connectivity index (χ0v) is 25.1. The summed E-state index contributed by atoms with van der Waals surface area (Å²) < 4.78 is 17.4. The topological polar surface area (TPSA) is 38.3 Å². The summed E-state index contributed by atoms with van der Waals surface area (Å²) in [6.45, 7) is 2.17. The average Bonchev–Trinajstić information content (AvgIpc) is 3.73. The molecule has 0 atom stereocenters. The fourth-order valence-corrected chi connectivity index (χ4v) is 11.0. The van der Waals surface area contributed by atoms with Gasteiger partial charge in [0, 0.05) is 58.4 Å². The van der Waals surface area contributed by atoms with E-state index in [-0.39, 0.29) is 0 Å². The van der Waals surface area contributed by atoms with Crippen molar-refractivity contribution in [2.45, 2.75) is 6.92 Å². The van der Waals surface area contributed by atoms with Gasteiger partial charge in [-0.05, 0) is 89.5 Å². The molecule has 0 aliphatic carbocycles. The fraction of sp³-hybridized carbons (Fsp3) is 0.0588. The van der Waals surface area contributed by atoms with Crippen LogP contribution in [0.15, 0.2) is 81.6 Å². The number of aryl methyl sites for hydroxylation is 1. The smallest absolute Gasteiger partial charge is 0.136 e. The van der Waals surface area contributed by atoms with Crippen molar-refractivity contribution in [2.75, 3.05) is 12.4 Å². The average molecular weight is 602 g/mol. The fourth-order valence-electron chi connectivity index (χ4n) is 6.37. The number of nitrogens with one attached hydrogen (secondary N) is 1. The van der Waals surface area contributed by atoms with E-state index in [0.29, 0.717) is 0 Å². The standard InChI is InChI=1S/C34H19NO2S4/c1-15-7-20-12-25(41-34(20)38-15)18-8-16-3-5-22-32-30(16)23(10-18)36-21-6-4-17-9-19(11-24(37-22)31(17)33(21)32)26-13-27-28(39-26)14-29(35-2)40-27/h3-14,35H,1-2H3. The molecule has 0 saturated carbocycles. The van der Waals surface area contributed by atoms with Gasteiger partial charge in [-0.25, -0.2) is 0 Å². The first-order valence-electron chi connectivity index (χ1n) is 13.4. The minimum Gasteiger partial charge on any atom is -0.456 e. The lowest BCUT2D eigenvalue weighted by atomic mass is 9.89. The molecule has 4 aromatic carbocycles. The van der Waals surface area contributed by atoms with E-state index in [1.54, 1.807) is 11.3 Å². The van der Waals surface area contributed by atoms with Crippen LogP contribution in [0.1, 0.15) is 4.88 Å². The van der Waals surface area contributed by atoms with Crippen LogP contribution in [0.3, 0.4) is 0 Å². The Morgan fingerprint density at radius 3 is 1.80 bits per heavy atom. The summed E-state index contributed by atoms with van der Waals surface area (Å²) in [7, 11) is 1.97. The van der Waals surface area contributed by atoms with Crippen LogP contribution < -0.4 is 5.32 Å². The predicted molar refractivity (Wildman–Crippen MR) is 180 cm³/mol. The second kappa shape index (κ2) is 7.89. The van der Waals surface area contributed by atoms with Gasteiger partial charge in [0.05, 0.1) is 9.01 Å². The van der Waals surface area contributed by atoms with Crippen molar-refractivity contribution in [3.8, 4) is 32.0 Å². The second-order valence-corrected chi connectivity index (χ2v) is 15.4. The first kappa shape index (κ1) is 22.8. The lowest BCUT2D eigenvalue weighted by Crippen LogP contribution is -1.95. The van der Waals surface area contributed by atoms with Crippen LogP contribution in [0, 0.1) is 6.92 Å². The third-order valence-electron chi connectivity index (χ3n) is 8.14. The summed E-state index contributed by atoms with van der Waals surface area (Å²) in [6, 6.07) is 26.7. The lowest BCUT2D eigenvalue weighted by molar-refractivity contribution is 0.646. The van der Waals surface area contributed by atoms with Crippen molar-refractivity contribution in [3.05, 3.63) is 77.7 Å². The van der Waals surface area contributed by atoms with Crippen molar-refractivity contribution < 1.29 is 8.83 Å². The van der Waals surface area contributed by atoms with Crippen LogP contribution in [0.2, 0.25) is 0 Å². The Morgan fingerprint density at radius 1 is 0.561 bits per heavy atom. The van der Waals surface area contributed by atoms with E-state index in [1.165, 1.54) is 60.3 Å². The first-order valence-corrected chi connectivity index (χ1v) is 16.7. The monoisotopic (exact) mass is 601 g/mol. The van der Waals surface area contributed by atoms with Crippen LogP contribution in [-0.4, -0.2) is 7.05 Å². The Hall–Kier alpha value is -3.88. The van der Waals surface area contributed by atoms with Crippen molar-refractivity contribution in [2.24, 2.45) is 0 Å². The molecule has 4 aromatic heterocycles. The van der Waals surface area contributed by atoms with E-state index >= 15 is 0 Å². The molecule has 0 saturated heterocycles. The zero-order valence-electron chi connectivity index (χ0n) is 21.9. The van der Waals surface area contributed by atoms with Crippen molar-refractivity contribution in [1.82, 2.24) is 0 Å². The van der Waals surface area contributed by atoms with Gasteiger partial charge in [0.15, 0.2) is 0 Å². The van der Waals surface area contributed by atoms with Gasteiger partial charge < -0.3 is 14.2 Å².